The highest BCUT2D eigenvalue weighted by atomic mass is 16.3. The van der Waals surface area contributed by atoms with E-state index in [4.69, 9.17) is 0 Å². The quantitative estimate of drug-likeness (QED) is 0.603. The second-order valence-electron chi connectivity index (χ2n) is 4.62. The standard InChI is InChI=1S/C11H17N3O3/c15-9(8-6-12-10(16)14-8)13-7-11(17)4-2-1-3-5-11/h6,17H,1-5,7H2,(H,13,15)(H2,12,14,16). The molecule has 6 heteroatoms. The van der Waals surface area contributed by atoms with Crippen LogP contribution < -0.4 is 11.0 Å². The SMILES string of the molecule is O=C(NCC1(O)CCCCC1)c1c[nH]c(=O)[nH]1. The maximum absolute atomic E-state index is 11.6. The number of aliphatic hydroxyl groups is 1. The first-order chi connectivity index (χ1) is 8.09. The molecule has 6 nitrogen and oxygen atoms in total. The molecule has 1 amide bonds. The lowest BCUT2D eigenvalue weighted by atomic mass is 9.85. The Morgan fingerprint density at radius 3 is 2.71 bits per heavy atom. The average Bonchev–Trinajstić information content (AvgIpc) is 2.74. The van der Waals surface area contributed by atoms with E-state index in [-0.39, 0.29) is 18.1 Å². The highest BCUT2D eigenvalue weighted by Crippen LogP contribution is 2.27. The number of carbonyl (C=O) groups excluding carboxylic acids is 1. The van der Waals surface area contributed by atoms with Crippen molar-refractivity contribution < 1.29 is 9.90 Å². The van der Waals surface area contributed by atoms with Crippen molar-refractivity contribution in [1.82, 2.24) is 15.3 Å². The molecule has 1 aliphatic carbocycles. The van der Waals surface area contributed by atoms with Crippen LogP contribution in [0, 0.1) is 0 Å². The van der Waals surface area contributed by atoms with Crippen LogP contribution in [-0.4, -0.2) is 33.1 Å². The number of aromatic amines is 2. The van der Waals surface area contributed by atoms with Gasteiger partial charge < -0.3 is 20.4 Å². The maximum Gasteiger partial charge on any atom is 0.323 e. The number of amides is 1. The number of aromatic nitrogens is 2. The number of carbonyl (C=O) groups is 1. The van der Waals surface area contributed by atoms with Crippen LogP contribution in [0.5, 0.6) is 0 Å². The van der Waals surface area contributed by atoms with Gasteiger partial charge in [-0.05, 0) is 12.8 Å². The highest BCUT2D eigenvalue weighted by molar-refractivity contribution is 5.91. The molecule has 1 aliphatic rings. The van der Waals surface area contributed by atoms with Crippen molar-refractivity contribution in [2.24, 2.45) is 0 Å². The minimum atomic E-state index is -0.787. The molecule has 94 valence electrons. The van der Waals surface area contributed by atoms with Gasteiger partial charge in [0.15, 0.2) is 0 Å². The van der Waals surface area contributed by atoms with Crippen molar-refractivity contribution in [1.29, 1.82) is 0 Å². The summed E-state index contributed by atoms with van der Waals surface area (Å²) in [4.78, 5) is 27.2. The van der Waals surface area contributed by atoms with E-state index in [2.05, 4.69) is 15.3 Å². The first kappa shape index (κ1) is 11.9. The van der Waals surface area contributed by atoms with Crippen LogP contribution in [0.3, 0.4) is 0 Å². The van der Waals surface area contributed by atoms with Crippen LogP contribution in [-0.2, 0) is 0 Å². The van der Waals surface area contributed by atoms with Crippen LogP contribution in [0.2, 0.25) is 0 Å². The maximum atomic E-state index is 11.6. The molecule has 0 unspecified atom stereocenters. The number of nitrogens with one attached hydrogen (secondary N) is 3. The van der Waals surface area contributed by atoms with Crippen molar-refractivity contribution in [2.45, 2.75) is 37.7 Å². The van der Waals surface area contributed by atoms with E-state index >= 15 is 0 Å². The Morgan fingerprint density at radius 1 is 1.41 bits per heavy atom. The fourth-order valence-electron chi connectivity index (χ4n) is 2.18. The first-order valence-electron chi connectivity index (χ1n) is 5.87. The molecule has 4 N–H and O–H groups in total. The van der Waals surface area contributed by atoms with E-state index in [0.29, 0.717) is 0 Å². The molecule has 0 aliphatic heterocycles. The highest BCUT2D eigenvalue weighted by Gasteiger charge is 2.29. The summed E-state index contributed by atoms with van der Waals surface area (Å²) in [5.74, 6) is -0.373. The van der Waals surface area contributed by atoms with Gasteiger partial charge in [-0.15, -0.1) is 0 Å². The summed E-state index contributed by atoms with van der Waals surface area (Å²) in [6, 6.07) is 0. The lowest BCUT2D eigenvalue weighted by molar-refractivity contribution is 0.00521. The van der Waals surface area contributed by atoms with E-state index in [1.165, 1.54) is 6.20 Å². The normalized spacial score (nSPS) is 18.9. The molecule has 17 heavy (non-hydrogen) atoms. The Bertz CT molecular complexity index is 443. The third-order valence-corrected chi connectivity index (χ3v) is 3.20. The van der Waals surface area contributed by atoms with Gasteiger partial charge in [-0.25, -0.2) is 4.79 Å². The molecule has 1 heterocycles. The molecule has 1 fully saturated rings. The minimum Gasteiger partial charge on any atom is -0.388 e. The minimum absolute atomic E-state index is 0.189. The Kier molecular flexibility index (Phi) is 3.33. The van der Waals surface area contributed by atoms with Crippen LogP contribution in [0.4, 0.5) is 0 Å². The fourth-order valence-corrected chi connectivity index (χ4v) is 2.18. The van der Waals surface area contributed by atoms with Crippen LogP contribution in [0.25, 0.3) is 0 Å². The van der Waals surface area contributed by atoms with Gasteiger partial charge in [-0.1, -0.05) is 19.3 Å². The second kappa shape index (κ2) is 4.75. The van der Waals surface area contributed by atoms with Gasteiger partial charge in [-0.3, -0.25) is 4.79 Å². The molecule has 0 spiro atoms. The molecule has 0 atom stereocenters. The van der Waals surface area contributed by atoms with Crippen LogP contribution in [0.15, 0.2) is 11.0 Å². The summed E-state index contributed by atoms with van der Waals surface area (Å²) < 4.78 is 0. The van der Waals surface area contributed by atoms with Crippen molar-refractivity contribution in [3.63, 3.8) is 0 Å². The molecule has 0 aromatic carbocycles. The summed E-state index contributed by atoms with van der Waals surface area (Å²) in [7, 11) is 0. The zero-order valence-corrected chi connectivity index (χ0v) is 9.58. The van der Waals surface area contributed by atoms with Crippen molar-refractivity contribution in [3.8, 4) is 0 Å². The van der Waals surface area contributed by atoms with Crippen molar-refractivity contribution >= 4 is 5.91 Å². The lowest BCUT2D eigenvalue weighted by Gasteiger charge is -2.31. The second-order valence-corrected chi connectivity index (χ2v) is 4.62. The Hall–Kier alpha value is -1.56. The summed E-state index contributed by atoms with van der Waals surface area (Å²) >= 11 is 0. The predicted molar refractivity (Wildman–Crippen MR) is 61.8 cm³/mol. The van der Waals surface area contributed by atoms with Gasteiger partial charge >= 0.3 is 5.69 Å². The molecule has 1 aromatic rings. The van der Waals surface area contributed by atoms with Crippen LogP contribution in [0.1, 0.15) is 42.6 Å². The zero-order valence-electron chi connectivity index (χ0n) is 9.58. The number of hydrogen-bond acceptors (Lipinski definition) is 3. The smallest absolute Gasteiger partial charge is 0.323 e. The Balaban J connectivity index is 1.89. The Morgan fingerprint density at radius 2 is 2.12 bits per heavy atom. The van der Waals surface area contributed by atoms with E-state index < -0.39 is 11.3 Å². The van der Waals surface area contributed by atoms with E-state index in [1.54, 1.807) is 0 Å². The van der Waals surface area contributed by atoms with E-state index in [9.17, 15) is 14.7 Å². The monoisotopic (exact) mass is 239 g/mol. The van der Waals surface area contributed by atoms with Gasteiger partial charge in [0.05, 0.1) is 5.60 Å². The molecule has 0 radical (unpaired) electrons. The zero-order chi connectivity index (χ0) is 12.3. The molecule has 1 saturated carbocycles. The molecular formula is C11H17N3O3. The summed E-state index contributed by atoms with van der Waals surface area (Å²) in [5, 5.41) is 12.8. The summed E-state index contributed by atoms with van der Waals surface area (Å²) in [5.41, 5.74) is -1.01. The number of imidazole rings is 1. The summed E-state index contributed by atoms with van der Waals surface area (Å²) in [6.45, 7) is 0.235. The van der Waals surface area contributed by atoms with Crippen molar-refractivity contribution in [3.05, 3.63) is 22.4 Å². The molecular weight excluding hydrogens is 222 g/mol. The van der Waals surface area contributed by atoms with Gasteiger partial charge in [0, 0.05) is 12.7 Å². The topological polar surface area (TPSA) is 98.0 Å². The third-order valence-electron chi connectivity index (χ3n) is 3.20. The van der Waals surface area contributed by atoms with Crippen molar-refractivity contribution in [2.75, 3.05) is 6.54 Å². The third kappa shape index (κ3) is 2.97. The van der Waals surface area contributed by atoms with Crippen LogP contribution >= 0.6 is 0 Å². The average molecular weight is 239 g/mol. The van der Waals surface area contributed by atoms with E-state index in [1.807, 2.05) is 0 Å². The van der Waals surface area contributed by atoms with Gasteiger partial charge in [0.1, 0.15) is 5.69 Å². The largest absolute Gasteiger partial charge is 0.388 e. The summed E-state index contributed by atoms with van der Waals surface area (Å²) in [6.07, 6.45) is 5.89. The lowest BCUT2D eigenvalue weighted by Crippen LogP contribution is -2.44. The number of hydrogen-bond donors (Lipinski definition) is 4. The first-order valence-corrected chi connectivity index (χ1v) is 5.87. The molecule has 0 bridgehead atoms. The van der Waals surface area contributed by atoms with Gasteiger partial charge in [0.2, 0.25) is 0 Å². The predicted octanol–water partition coefficient (Wildman–Crippen LogP) is 0.128. The number of H-pyrrole nitrogens is 2. The molecule has 0 saturated heterocycles. The molecule has 2 rings (SSSR count). The van der Waals surface area contributed by atoms with Gasteiger partial charge in [0.25, 0.3) is 5.91 Å². The van der Waals surface area contributed by atoms with Gasteiger partial charge in [-0.2, -0.15) is 0 Å². The van der Waals surface area contributed by atoms with E-state index in [0.717, 1.165) is 32.1 Å². The Labute approximate surface area is 98.4 Å². The number of rotatable bonds is 3. The fraction of sp³-hybridized carbons (Fsp3) is 0.636. The molecule has 1 aromatic heterocycles.